The molecule has 37 heavy (non-hydrogen) atoms. The summed E-state index contributed by atoms with van der Waals surface area (Å²) in [4.78, 5) is 23.5. The van der Waals surface area contributed by atoms with Gasteiger partial charge in [-0.15, -0.1) is 0 Å². The number of benzene rings is 1. The Morgan fingerprint density at radius 2 is 1.49 bits per heavy atom. The Balaban J connectivity index is 0.000000318. The molecule has 0 spiro atoms. The standard InChI is InChI=1S/C15H27NO3.C9H10O2.C7H16/c1-3-12(2)16-15(18)7-5-4-6-14(17)13-8-10-19-11-9-13;1-7-2-3-8-9(6-7)11-5-4-10-8;1-3-5-7-6-4-2/h12-13H,3-11H2,1-2H3,(H,16,18);2-3,6H,4-5H2,1H3;3-7H2,1-2H3. The van der Waals surface area contributed by atoms with Crippen LogP contribution in [0.3, 0.4) is 0 Å². The number of ether oxygens (including phenoxy) is 3. The summed E-state index contributed by atoms with van der Waals surface area (Å²) < 4.78 is 16.0. The van der Waals surface area contributed by atoms with Crippen molar-refractivity contribution in [3.63, 3.8) is 0 Å². The minimum absolute atomic E-state index is 0.105. The number of ketones is 1. The molecule has 2 aliphatic rings. The lowest BCUT2D eigenvalue weighted by Crippen LogP contribution is -2.31. The predicted octanol–water partition coefficient (Wildman–Crippen LogP) is 7.20. The summed E-state index contributed by atoms with van der Waals surface area (Å²) in [6.45, 7) is 13.3. The topological polar surface area (TPSA) is 73.9 Å². The molecule has 0 radical (unpaired) electrons. The van der Waals surface area contributed by atoms with Crippen molar-refractivity contribution in [2.75, 3.05) is 26.4 Å². The van der Waals surface area contributed by atoms with E-state index in [2.05, 4.69) is 26.1 Å². The summed E-state index contributed by atoms with van der Waals surface area (Å²) in [6, 6.07) is 6.21. The van der Waals surface area contributed by atoms with Gasteiger partial charge in [0, 0.05) is 38.0 Å². The lowest BCUT2D eigenvalue weighted by atomic mass is 9.92. The van der Waals surface area contributed by atoms with E-state index in [9.17, 15) is 9.59 Å². The lowest BCUT2D eigenvalue weighted by molar-refractivity contribution is -0.126. The Bertz CT molecular complexity index is 741. The van der Waals surface area contributed by atoms with Gasteiger partial charge in [0.2, 0.25) is 5.91 Å². The van der Waals surface area contributed by atoms with E-state index < -0.39 is 0 Å². The average molecular weight is 520 g/mol. The zero-order valence-electron chi connectivity index (χ0n) is 24.2. The maximum atomic E-state index is 11.9. The maximum Gasteiger partial charge on any atom is 0.220 e. The highest BCUT2D eigenvalue weighted by molar-refractivity contribution is 5.81. The van der Waals surface area contributed by atoms with E-state index in [4.69, 9.17) is 14.2 Å². The SMILES string of the molecule is CCC(C)NC(=O)CCCCC(=O)C1CCOCC1.CCCCCCC.Cc1ccc2c(c1)OCCO2. The van der Waals surface area contributed by atoms with Crippen molar-refractivity contribution in [1.29, 1.82) is 0 Å². The highest BCUT2D eigenvalue weighted by Gasteiger charge is 2.20. The molecule has 0 aliphatic carbocycles. The number of carbonyl (C=O) groups is 2. The molecule has 0 saturated carbocycles. The first-order valence-electron chi connectivity index (χ1n) is 14.7. The van der Waals surface area contributed by atoms with Crippen molar-refractivity contribution >= 4 is 11.7 Å². The number of hydrogen-bond acceptors (Lipinski definition) is 5. The van der Waals surface area contributed by atoms with Crippen LogP contribution in [0.1, 0.15) is 110 Å². The lowest BCUT2D eigenvalue weighted by Gasteiger charge is -2.20. The number of aryl methyl sites for hydroxylation is 1. The Hall–Kier alpha value is -2.08. The molecule has 2 aliphatic heterocycles. The monoisotopic (exact) mass is 519 g/mol. The quantitative estimate of drug-likeness (QED) is 0.296. The Kier molecular flexibility index (Phi) is 18.6. The molecule has 1 unspecified atom stereocenters. The molecule has 3 rings (SSSR count). The number of unbranched alkanes of at least 4 members (excludes halogenated alkanes) is 5. The van der Waals surface area contributed by atoms with Gasteiger partial charge in [-0.25, -0.2) is 0 Å². The van der Waals surface area contributed by atoms with E-state index in [-0.39, 0.29) is 17.9 Å². The van der Waals surface area contributed by atoms with Gasteiger partial charge in [-0.05, 0) is 63.6 Å². The van der Waals surface area contributed by atoms with Crippen LogP contribution in [0.15, 0.2) is 18.2 Å². The van der Waals surface area contributed by atoms with Gasteiger partial charge in [0.05, 0.1) is 0 Å². The Morgan fingerprint density at radius 1 is 0.865 bits per heavy atom. The second-order valence-corrected chi connectivity index (χ2v) is 10.1. The van der Waals surface area contributed by atoms with Crippen molar-refractivity contribution in [3.8, 4) is 11.5 Å². The first-order chi connectivity index (χ1) is 17.9. The fraction of sp³-hybridized carbons (Fsp3) is 0.742. The van der Waals surface area contributed by atoms with E-state index in [1.165, 1.54) is 37.7 Å². The molecule has 0 bridgehead atoms. The van der Waals surface area contributed by atoms with Gasteiger partial charge < -0.3 is 19.5 Å². The van der Waals surface area contributed by atoms with E-state index in [0.29, 0.717) is 45.1 Å². The summed E-state index contributed by atoms with van der Waals surface area (Å²) in [5, 5.41) is 2.94. The summed E-state index contributed by atoms with van der Waals surface area (Å²) in [6.07, 6.45) is 12.5. The second-order valence-electron chi connectivity index (χ2n) is 10.1. The maximum absolute atomic E-state index is 11.9. The molecule has 6 nitrogen and oxygen atoms in total. The van der Waals surface area contributed by atoms with Crippen LogP contribution in [0.4, 0.5) is 0 Å². The molecular weight excluding hydrogens is 466 g/mol. The molecule has 0 aromatic heterocycles. The van der Waals surface area contributed by atoms with Crippen molar-refractivity contribution in [3.05, 3.63) is 23.8 Å². The van der Waals surface area contributed by atoms with Gasteiger partial charge in [0.25, 0.3) is 0 Å². The first-order valence-corrected chi connectivity index (χ1v) is 14.7. The van der Waals surface area contributed by atoms with Gasteiger partial charge in [-0.2, -0.15) is 0 Å². The molecule has 1 saturated heterocycles. The largest absolute Gasteiger partial charge is 0.486 e. The molecule has 212 valence electrons. The molecule has 1 amide bonds. The van der Waals surface area contributed by atoms with Crippen molar-refractivity contribution < 1.29 is 23.8 Å². The molecule has 1 aromatic carbocycles. The van der Waals surface area contributed by atoms with Crippen LogP contribution in [0.25, 0.3) is 0 Å². The molecule has 1 atom stereocenters. The smallest absolute Gasteiger partial charge is 0.220 e. The minimum Gasteiger partial charge on any atom is -0.486 e. The summed E-state index contributed by atoms with van der Waals surface area (Å²) in [7, 11) is 0. The number of amides is 1. The number of nitrogens with one attached hydrogen (secondary N) is 1. The molecular formula is C31H53NO5. The van der Waals surface area contributed by atoms with Gasteiger partial charge >= 0.3 is 0 Å². The van der Waals surface area contributed by atoms with Crippen molar-refractivity contribution in [2.45, 2.75) is 118 Å². The summed E-state index contributed by atoms with van der Waals surface area (Å²) >= 11 is 0. The first kappa shape index (κ1) is 32.9. The van der Waals surface area contributed by atoms with Crippen molar-refractivity contribution in [1.82, 2.24) is 5.32 Å². The number of carbonyl (C=O) groups excluding carboxylic acids is 2. The highest BCUT2D eigenvalue weighted by atomic mass is 16.6. The predicted molar refractivity (Wildman–Crippen MR) is 152 cm³/mol. The van der Waals surface area contributed by atoms with Crippen LogP contribution in [-0.2, 0) is 14.3 Å². The fourth-order valence-electron chi connectivity index (χ4n) is 4.08. The van der Waals surface area contributed by atoms with Crippen LogP contribution in [0.2, 0.25) is 0 Å². The van der Waals surface area contributed by atoms with Gasteiger partial charge in [-0.3, -0.25) is 9.59 Å². The second kappa shape index (κ2) is 20.9. The number of Topliss-reactive ketones (excluding diaryl/α,β-unsaturated/α-hetero) is 1. The third-order valence-corrected chi connectivity index (χ3v) is 6.68. The summed E-state index contributed by atoms with van der Waals surface area (Å²) in [5.41, 5.74) is 1.20. The zero-order chi connectivity index (χ0) is 27.3. The van der Waals surface area contributed by atoms with E-state index in [1.54, 1.807) is 0 Å². The Labute approximate surface area is 226 Å². The number of rotatable bonds is 12. The van der Waals surface area contributed by atoms with Gasteiger partial charge in [0.15, 0.2) is 11.5 Å². The van der Waals surface area contributed by atoms with Crippen molar-refractivity contribution in [2.24, 2.45) is 5.92 Å². The molecule has 2 heterocycles. The van der Waals surface area contributed by atoms with Gasteiger partial charge in [0.1, 0.15) is 19.0 Å². The average Bonchev–Trinajstić information content (AvgIpc) is 2.92. The van der Waals surface area contributed by atoms with Gasteiger partial charge in [-0.1, -0.05) is 58.9 Å². The molecule has 1 fully saturated rings. The molecule has 6 heteroatoms. The zero-order valence-corrected chi connectivity index (χ0v) is 24.2. The molecule has 1 aromatic rings. The van der Waals surface area contributed by atoms with Crippen LogP contribution in [-0.4, -0.2) is 44.2 Å². The third kappa shape index (κ3) is 15.7. The summed E-state index contributed by atoms with van der Waals surface area (Å²) in [5.74, 6) is 2.39. The van der Waals surface area contributed by atoms with Crippen LogP contribution < -0.4 is 14.8 Å². The van der Waals surface area contributed by atoms with E-state index in [0.717, 1.165) is 43.6 Å². The number of hydrogen-bond donors (Lipinski definition) is 1. The van der Waals surface area contributed by atoms with E-state index in [1.807, 2.05) is 32.0 Å². The third-order valence-electron chi connectivity index (χ3n) is 6.68. The molecule has 1 N–H and O–H groups in total. The van der Waals surface area contributed by atoms with Crippen LogP contribution in [0.5, 0.6) is 11.5 Å². The highest BCUT2D eigenvalue weighted by Crippen LogP contribution is 2.30. The van der Waals surface area contributed by atoms with Crippen LogP contribution in [0, 0.1) is 12.8 Å². The van der Waals surface area contributed by atoms with Crippen LogP contribution >= 0.6 is 0 Å². The minimum atomic E-state index is 0.105. The van der Waals surface area contributed by atoms with E-state index >= 15 is 0 Å². The fourth-order valence-corrected chi connectivity index (χ4v) is 4.08. The normalized spacial score (nSPS) is 15.4. The number of fused-ring (bicyclic) bond motifs is 1. The Morgan fingerprint density at radius 3 is 2.11 bits per heavy atom.